The van der Waals surface area contributed by atoms with Gasteiger partial charge in [0.25, 0.3) is 5.69 Å². The second kappa shape index (κ2) is 6.70. The second-order valence-corrected chi connectivity index (χ2v) is 6.59. The van der Waals surface area contributed by atoms with Gasteiger partial charge in [0.05, 0.1) is 15.9 Å². The first kappa shape index (κ1) is 19.3. The Morgan fingerprint density at radius 2 is 2.12 bits per heavy atom. The van der Waals surface area contributed by atoms with Gasteiger partial charge in [0, 0.05) is 18.7 Å². The average Bonchev–Trinajstić information content (AvgIpc) is 2.49. The normalized spacial score (nSPS) is 21.1. The molecule has 0 spiro atoms. The summed E-state index contributed by atoms with van der Waals surface area (Å²) < 4.78 is 46.4. The highest BCUT2D eigenvalue weighted by Crippen LogP contribution is 2.44. The molecule has 2 rings (SSSR count). The molecule has 0 saturated carbocycles. The lowest BCUT2D eigenvalue weighted by atomic mass is 9.91. The minimum Gasteiger partial charge on any atom is -0.474 e. The van der Waals surface area contributed by atoms with E-state index in [-0.39, 0.29) is 34.4 Å². The number of rotatable bonds is 3. The number of halogens is 4. The van der Waals surface area contributed by atoms with Crippen LogP contribution in [0.15, 0.2) is 16.6 Å². The molecular weight excluding hydrogens is 413 g/mol. The zero-order valence-electron chi connectivity index (χ0n) is 13.0. The third kappa shape index (κ3) is 3.80. The number of nitrogens with zero attached hydrogens (tertiary/aromatic N) is 2. The predicted octanol–water partition coefficient (Wildman–Crippen LogP) is 4.12. The number of carbonyl (C=O) groups is 1. The molecule has 1 fully saturated rings. The van der Waals surface area contributed by atoms with Crippen molar-refractivity contribution in [3.8, 4) is 5.75 Å². The van der Waals surface area contributed by atoms with Gasteiger partial charge in [0.1, 0.15) is 5.75 Å². The molecule has 0 aliphatic carbocycles. The fourth-order valence-electron chi connectivity index (χ4n) is 2.70. The Morgan fingerprint density at radius 1 is 1.48 bits per heavy atom. The van der Waals surface area contributed by atoms with E-state index in [0.29, 0.717) is 4.90 Å². The molecule has 25 heavy (non-hydrogen) atoms. The molecule has 1 heterocycles. The smallest absolute Gasteiger partial charge is 0.430 e. The molecule has 1 aromatic rings. The molecule has 1 amide bonds. The van der Waals surface area contributed by atoms with Gasteiger partial charge in [-0.25, -0.2) is 4.79 Å². The molecule has 0 radical (unpaired) electrons. The summed E-state index contributed by atoms with van der Waals surface area (Å²) in [7, 11) is 0. The number of aryl methyl sites for hydroxylation is 1. The van der Waals surface area contributed by atoms with Gasteiger partial charge >= 0.3 is 12.3 Å². The molecule has 11 heteroatoms. The maximum atomic E-state index is 13.7. The van der Waals surface area contributed by atoms with E-state index in [2.05, 4.69) is 15.9 Å². The van der Waals surface area contributed by atoms with Crippen molar-refractivity contribution in [1.82, 2.24) is 4.90 Å². The predicted molar refractivity (Wildman–Crippen MR) is 83.8 cm³/mol. The Balaban J connectivity index is 2.45. The number of nitro groups is 1. The van der Waals surface area contributed by atoms with E-state index in [1.54, 1.807) is 0 Å². The fraction of sp³-hybridized carbons (Fsp3) is 0.500. The third-order valence-corrected chi connectivity index (χ3v) is 4.55. The van der Waals surface area contributed by atoms with Crippen molar-refractivity contribution < 1.29 is 32.7 Å². The molecule has 1 saturated heterocycles. The van der Waals surface area contributed by atoms with E-state index in [1.165, 1.54) is 6.92 Å². The first-order valence-corrected chi connectivity index (χ1v) is 7.94. The quantitative estimate of drug-likeness (QED) is 0.579. The summed E-state index contributed by atoms with van der Waals surface area (Å²) >= 11 is 3.00. The molecule has 0 bridgehead atoms. The standard InChI is InChI=1S/C14H14BrF3N2O5/c1-8-5-9(20(23)24)6-10(15)11(8)25-13(14(16,17)18)3-2-4-19(7-13)12(21)22/h5-6H,2-4,7H2,1H3,(H,21,22). The van der Waals surface area contributed by atoms with Gasteiger partial charge in [-0.3, -0.25) is 10.1 Å². The lowest BCUT2D eigenvalue weighted by molar-refractivity contribution is -0.385. The molecule has 1 unspecified atom stereocenters. The number of hydrogen-bond acceptors (Lipinski definition) is 4. The van der Waals surface area contributed by atoms with Gasteiger partial charge in [-0.15, -0.1) is 0 Å². The van der Waals surface area contributed by atoms with Gasteiger partial charge in [-0.1, -0.05) is 0 Å². The van der Waals surface area contributed by atoms with Crippen molar-refractivity contribution in [2.24, 2.45) is 0 Å². The highest BCUT2D eigenvalue weighted by Gasteiger charge is 2.60. The number of benzene rings is 1. The summed E-state index contributed by atoms with van der Waals surface area (Å²) in [5.41, 5.74) is -2.88. The maximum absolute atomic E-state index is 13.7. The van der Waals surface area contributed by atoms with Crippen LogP contribution in [-0.2, 0) is 0 Å². The number of alkyl halides is 3. The number of likely N-dealkylation sites (tertiary alicyclic amines) is 1. The van der Waals surface area contributed by atoms with Crippen molar-refractivity contribution in [1.29, 1.82) is 0 Å². The largest absolute Gasteiger partial charge is 0.474 e. The van der Waals surface area contributed by atoms with E-state index in [4.69, 9.17) is 9.84 Å². The highest BCUT2D eigenvalue weighted by molar-refractivity contribution is 9.10. The van der Waals surface area contributed by atoms with Crippen LogP contribution in [0.4, 0.5) is 23.7 Å². The SMILES string of the molecule is Cc1cc([N+](=O)[O-])cc(Br)c1OC1(C(F)(F)F)CCCN(C(=O)O)C1. The molecule has 1 aromatic carbocycles. The van der Waals surface area contributed by atoms with E-state index < -0.39 is 35.8 Å². The monoisotopic (exact) mass is 426 g/mol. The molecular formula is C14H14BrF3N2O5. The van der Waals surface area contributed by atoms with Gasteiger partial charge in [-0.05, 0) is 41.3 Å². The van der Waals surface area contributed by atoms with Crippen LogP contribution in [0.2, 0.25) is 0 Å². The molecule has 7 nitrogen and oxygen atoms in total. The summed E-state index contributed by atoms with van der Waals surface area (Å²) in [5, 5.41) is 19.9. The Labute approximate surface area is 148 Å². The lowest BCUT2D eigenvalue weighted by Gasteiger charge is -2.42. The number of ether oxygens (including phenoxy) is 1. The Kier molecular flexibility index (Phi) is 5.17. The molecule has 1 N–H and O–H groups in total. The van der Waals surface area contributed by atoms with Crippen LogP contribution in [0.1, 0.15) is 18.4 Å². The Hall–Kier alpha value is -2.04. The number of piperidine rings is 1. The minimum absolute atomic E-state index is 0.00438. The lowest BCUT2D eigenvalue weighted by Crippen LogP contribution is -2.61. The van der Waals surface area contributed by atoms with Gasteiger partial charge in [0.15, 0.2) is 0 Å². The van der Waals surface area contributed by atoms with E-state index in [0.717, 1.165) is 12.1 Å². The summed E-state index contributed by atoms with van der Waals surface area (Å²) in [6.45, 7) is 0.501. The van der Waals surface area contributed by atoms with Gasteiger partial charge in [-0.2, -0.15) is 13.2 Å². The molecule has 0 aromatic heterocycles. The average molecular weight is 427 g/mol. The van der Waals surface area contributed by atoms with Crippen LogP contribution >= 0.6 is 15.9 Å². The van der Waals surface area contributed by atoms with Crippen LogP contribution in [0.25, 0.3) is 0 Å². The fourth-order valence-corrected chi connectivity index (χ4v) is 3.33. The topological polar surface area (TPSA) is 92.9 Å². The molecule has 1 atom stereocenters. The maximum Gasteiger partial charge on any atom is 0.430 e. The Bertz CT molecular complexity index is 689. The van der Waals surface area contributed by atoms with Crippen molar-refractivity contribution in [3.63, 3.8) is 0 Å². The number of amides is 1. The number of non-ortho nitro benzene ring substituents is 1. The second-order valence-electron chi connectivity index (χ2n) is 5.73. The van der Waals surface area contributed by atoms with Crippen LogP contribution in [-0.4, -0.2) is 45.9 Å². The zero-order chi connectivity index (χ0) is 19.0. The van der Waals surface area contributed by atoms with E-state index in [9.17, 15) is 28.1 Å². The first-order valence-electron chi connectivity index (χ1n) is 7.15. The number of nitro benzene ring substituents is 1. The number of hydrogen-bond donors (Lipinski definition) is 1. The minimum atomic E-state index is -4.82. The van der Waals surface area contributed by atoms with E-state index >= 15 is 0 Å². The van der Waals surface area contributed by atoms with Crippen LogP contribution in [0, 0.1) is 17.0 Å². The summed E-state index contributed by atoms with van der Waals surface area (Å²) in [4.78, 5) is 21.9. The Morgan fingerprint density at radius 3 is 2.60 bits per heavy atom. The van der Waals surface area contributed by atoms with Crippen molar-refractivity contribution in [2.45, 2.75) is 31.5 Å². The van der Waals surface area contributed by atoms with Crippen LogP contribution in [0.5, 0.6) is 5.75 Å². The number of carboxylic acid groups (broad SMARTS) is 1. The van der Waals surface area contributed by atoms with Crippen LogP contribution in [0.3, 0.4) is 0 Å². The van der Waals surface area contributed by atoms with Crippen molar-refractivity contribution in [2.75, 3.05) is 13.1 Å². The van der Waals surface area contributed by atoms with Crippen LogP contribution < -0.4 is 4.74 Å². The van der Waals surface area contributed by atoms with Gasteiger partial charge < -0.3 is 14.7 Å². The molecule has 138 valence electrons. The molecule has 1 aliphatic heterocycles. The summed E-state index contributed by atoms with van der Waals surface area (Å²) in [6, 6.07) is 2.14. The zero-order valence-corrected chi connectivity index (χ0v) is 14.6. The molecule has 1 aliphatic rings. The summed E-state index contributed by atoms with van der Waals surface area (Å²) in [5.74, 6) is -0.199. The van der Waals surface area contributed by atoms with E-state index in [1.807, 2.05) is 0 Å². The van der Waals surface area contributed by atoms with Crippen molar-refractivity contribution in [3.05, 3.63) is 32.3 Å². The van der Waals surface area contributed by atoms with Gasteiger partial charge in [0.2, 0.25) is 5.60 Å². The highest BCUT2D eigenvalue weighted by atomic mass is 79.9. The first-order chi connectivity index (χ1) is 11.5. The third-order valence-electron chi connectivity index (χ3n) is 3.96. The summed E-state index contributed by atoms with van der Waals surface area (Å²) in [6.07, 6.45) is -6.72. The van der Waals surface area contributed by atoms with Crippen molar-refractivity contribution >= 4 is 27.7 Å².